The summed E-state index contributed by atoms with van der Waals surface area (Å²) in [6.45, 7) is 4.75. The van der Waals surface area contributed by atoms with E-state index in [2.05, 4.69) is 15.6 Å². The number of nitrogens with two attached hydrogens (primary N) is 1. The van der Waals surface area contributed by atoms with Gasteiger partial charge in [-0.3, -0.25) is 9.59 Å². The van der Waals surface area contributed by atoms with Crippen LogP contribution >= 0.6 is 11.3 Å². The number of aliphatic hydroxyl groups excluding tert-OH is 1. The van der Waals surface area contributed by atoms with Crippen molar-refractivity contribution < 1.29 is 24.2 Å². The Morgan fingerprint density at radius 2 is 1.97 bits per heavy atom. The summed E-state index contributed by atoms with van der Waals surface area (Å²) in [4.78, 5) is 28.9. The first kappa shape index (κ1) is 24.3. The van der Waals surface area contributed by atoms with Crippen molar-refractivity contribution in [3.63, 3.8) is 0 Å². The van der Waals surface area contributed by atoms with Gasteiger partial charge in [0.1, 0.15) is 22.3 Å². The molecule has 1 atom stereocenters. The van der Waals surface area contributed by atoms with E-state index in [0.29, 0.717) is 15.4 Å². The molecule has 174 valence electrons. The van der Waals surface area contributed by atoms with Crippen LogP contribution in [0.25, 0.3) is 10.4 Å². The number of nitrogens with one attached hydrogen (secondary N) is 2. The van der Waals surface area contributed by atoms with Gasteiger partial charge in [-0.2, -0.15) is 0 Å². The third-order valence-corrected chi connectivity index (χ3v) is 5.80. The first-order valence-corrected chi connectivity index (χ1v) is 10.9. The molecule has 0 unspecified atom stereocenters. The third-order valence-electron chi connectivity index (χ3n) is 4.72. The highest BCUT2D eigenvalue weighted by Gasteiger charge is 2.21. The van der Waals surface area contributed by atoms with Crippen molar-refractivity contribution in [3.8, 4) is 10.4 Å². The molecule has 33 heavy (non-hydrogen) atoms. The zero-order valence-electron chi connectivity index (χ0n) is 18.3. The van der Waals surface area contributed by atoms with Crippen LogP contribution < -0.4 is 16.4 Å². The summed E-state index contributed by atoms with van der Waals surface area (Å²) in [7, 11) is 0. The second-order valence-corrected chi connectivity index (χ2v) is 9.12. The number of amides is 2. The molecule has 0 aliphatic heterocycles. The second-order valence-electron chi connectivity index (χ2n) is 8.06. The van der Waals surface area contributed by atoms with E-state index in [1.807, 2.05) is 0 Å². The van der Waals surface area contributed by atoms with Gasteiger partial charge in [0.2, 0.25) is 0 Å². The summed E-state index contributed by atoms with van der Waals surface area (Å²) < 4.78 is 14.8. The number of rotatable bonds is 8. The molecule has 8 nitrogen and oxygen atoms in total. The Labute approximate surface area is 194 Å². The highest BCUT2D eigenvalue weighted by atomic mass is 32.1. The second kappa shape index (κ2) is 9.65. The number of benzene rings is 1. The number of anilines is 2. The summed E-state index contributed by atoms with van der Waals surface area (Å²) in [6.07, 6.45) is -0.698. The van der Waals surface area contributed by atoms with Gasteiger partial charge in [0.05, 0.1) is 17.3 Å². The van der Waals surface area contributed by atoms with Gasteiger partial charge < -0.3 is 26.6 Å². The molecule has 0 saturated heterocycles. The molecule has 3 aromatic rings. The number of hydrogen-bond acceptors (Lipinski definition) is 7. The van der Waals surface area contributed by atoms with Gasteiger partial charge in [0, 0.05) is 17.0 Å². The van der Waals surface area contributed by atoms with Crippen LogP contribution in [0.5, 0.6) is 0 Å². The first-order valence-electron chi connectivity index (χ1n) is 10.1. The highest BCUT2D eigenvalue weighted by molar-refractivity contribution is 7.19. The molecular weight excluding hydrogens is 447 g/mol. The van der Waals surface area contributed by atoms with Crippen LogP contribution in [0.3, 0.4) is 0 Å². The Balaban J connectivity index is 1.91. The van der Waals surface area contributed by atoms with Gasteiger partial charge in [0.25, 0.3) is 11.8 Å². The van der Waals surface area contributed by atoms with Crippen LogP contribution in [0.2, 0.25) is 0 Å². The van der Waals surface area contributed by atoms with Gasteiger partial charge in [-0.15, -0.1) is 11.3 Å². The molecule has 2 heterocycles. The fraction of sp³-hybridized carbons (Fsp3) is 0.261. The minimum absolute atomic E-state index is 0.0795. The molecule has 0 fully saturated rings. The van der Waals surface area contributed by atoms with E-state index in [-0.39, 0.29) is 29.2 Å². The van der Waals surface area contributed by atoms with Crippen LogP contribution in [-0.2, 0) is 5.60 Å². The Morgan fingerprint density at radius 3 is 2.58 bits per heavy atom. The maximum Gasteiger partial charge on any atom is 0.270 e. The average molecular weight is 473 g/mol. The Bertz CT molecular complexity index is 1190. The summed E-state index contributed by atoms with van der Waals surface area (Å²) in [5, 5.41) is 25.3. The van der Waals surface area contributed by atoms with Crippen LogP contribution in [-0.4, -0.2) is 39.7 Å². The van der Waals surface area contributed by atoms with Gasteiger partial charge in [0.15, 0.2) is 0 Å². The fourth-order valence-corrected chi connectivity index (χ4v) is 4.07. The summed E-state index contributed by atoms with van der Waals surface area (Å²) in [5.74, 6) is -1.43. The number of carbonyl (C=O) groups excluding carboxylic acids is 2. The van der Waals surface area contributed by atoms with E-state index < -0.39 is 29.3 Å². The molecule has 2 aromatic heterocycles. The molecule has 6 N–H and O–H groups in total. The topological polar surface area (TPSA) is 138 Å². The SMILES string of the molecule is C[C@H](O)CNC(=O)c1cccc(Nc2sc(-c3ccc(C(C)(C)O)cc3F)cc2C(N)=O)n1. The zero-order valence-corrected chi connectivity index (χ0v) is 19.2. The molecule has 3 rings (SSSR count). The van der Waals surface area contributed by atoms with Crippen LogP contribution in [0.4, 0.5) is 15.2 Å². The molecule has 0 aliphatic rings. The highest BCUT2D eigenvalue weighted by Crippen LogP contribution is 2.38. The monoisotopic (exact) mass is 472 g/mol. The minimum atomic E-state index is -1.20. The van der Waals surface area contributed by atoms with Gasteiger partial charge in [-0.05, 0) is 50.6 Å². The van der Waals surface area contributed by atoms with Gasteiger partial charge >= 0.3 is 0 Å². The maximum atomic E-state index is 14.8. The molecule has 0 radical (unpaired) electrons. The fourth-order valence-electron chi connectivity index (χ4n) is 2.97. The lowest BCUT2D eigenvalue weighted by molar-refractivity contribution is 0.0782. The van der Waals surface area contributed by atoms with E-state index in [9.17, 15) is 24.2 Å². The molecule has 0 saturated carbocycles. The lowest BCUT2D eigenvalue weighted by Crippen LogP contribution is -2.31. The molecule has 2 amide bonds. The van der Waals surface area contributed by atoms with E-state index >= 15 is 0 Å². The molecular formula is C23H25FN4O4S. The Hall–Kier alpha value is -3.34. The molecule has 1 aromatic carbocycles. The van der Waals surface area contributed by atoms with Gasteiger partial charge in [-0.1, -0.05) is 18.2 Å². The average Bonchev–Trinajstić information content (AvgIpc) is 3.15. The summed E-state index contributed by atoms with van der Waals surface area (Å²) >= 11 is 1.10. The third kappa shape index (κ3) is 5.92. The summed E-state index contributed by atoms with van der Waals surface area (Å²) in [6, 6.07) is 10.6. The smallest absolute Gasteiger partial charge is 0.270 e. The number of pyridine rings is 1. The number of nitrogens with zero attached hydrogens (tertiary/aromatic N) is 1. The number of hydrogen-bond donors (Lipinski definition) is 5. The normalized spacial score (nSPS) is 12.3. The largest absolute Gasteiger partial charge is 0.392 e. The predicted molar refractivity (Wildman–Crippen MR) is 125 cm³/mol. The minimum Gasteiger partial charge on any atom is -0.392 e. The number of thiophene rings is 1. The van der Waals surface area contributed by atoms with Crippen molar-refractivity contribution in [1.29, 1.82) is 0 Å². The van der Waals surface area contributed by atoms with Crippen molar-refractivity contribution in [2.75, 3.05) is 11.9 Å². The Morgan fingerprint density at radius 1 is 1.24 bits per heavy atom. The van der Waals surface area contributed by atoms with Crippen molar-refractivity contribution in [2.45, 2.75) is 32.5 Å². The molecule has 10 heteroatoms. The van der Waals surface area contributed by atoms with Crippen molar-refractivity contribution >= 4 is 34.0 Å². The van der Waals surface area contributed by atoms with E-state index in [0.717, 1.165) is 11.3 Å². The number of carbonyl (C=O) groups is 2. The quantitative estimate of drug-likeness (QED) is 0.342. The van der Waals surface area contributed by atoms with Crippen LogP contribution in [0.15, 0.2) is 42.5 Å². The number of aromatic nitrogens is 1. The van der Waals surface area contributed by atoms with E-state index in [1.54, 1.807) is 39.0 Å². The van der Waals surface area contributed by atoms with Crippen molar-refractivity contribution in [2.24, 2.45) is 5.73 Å². The maximum absolute atomic E-state index is 14.8. The standard InChI is InChI=1S/C23H25FN4O4S/c1-12(29)11-26-21(31)17-5-4-6-19(27-17)28-22-15(20(25)30)10-18(33-22)14-8-7-13(9-16(14)24)23(2,3)32/h4-10,12,29,32H,11H2,1-3H3,(H2,25,30)(H,26,31)(H,27,28)/t12-/m0/s1. The summed E-state index contributed by atoms with van der Waals surface area (Å²) in [5.41, 5.74) is 5.26. The van der Waals surface area contributed by atoms with Gasteiger partial charge in [-0.25, -0.2) is 9.37 Å². The van der Waals surface area contributed by atoms with E-state index in [1.165, 1.54) is 24.3 Å². The number of primary amides is 1. The predicted octanol–water partition coefficient (Wildman–Crippen LogP) is 3.13. The number of aliphatic hydroxyl groups is 2. The molecule has 0 aliphatic carbocycles. The zero-order chi connectivity index (χ0) is 24.3. The van der Waals surface area contributed by atoms with Crippen LogP contribution in [0.1, 0.15) is 47.2 Å². The molecule has 0 spiro atoms. The van der Waals surface area contributed by atoms with Crippen molar-refractivity contribution in [1.82, 2.24) is 10.3 Å². The van der Waals surface area contributed by atoms with Crippen LogP contribution in [0, 0.1) is 5.82 Å². The Kier molecular flexibility index (Phi) is 7.11. The lowest BCUT2D eigenvalue weighted by Gasteiger charge is -2.18. The molecule has 0 bridgehead atoms. The van der Waals surface area contributed by atoms with E-state index in [4.69, 9.17) is 5.73 Å². The van der Waals surface area contributed by atoms with Crippen molar-refractivity contribution in [3.05, 3.63) is 65.1 Å². The number of halogens is 1. The first-order chi connectivity index (χ1) is 15.5. The lowest BCUT2D eigenvalue weighted by atomic mass is 9.96.